The number of rotatable bonds is 8. The van der Waals surface area contributed by atoms with E-state index in [2.05, 4.69) is 6.92 Å². The van der Waals surface area contributed by atoms with Crippen molar-refractivity contribution in [3.8, 4) is 11.5 Å². The molecule has 23 heavy (non-hydrogen) atoms. The first-order valence-corrected chi connectivity index (χ1v) is 8.43. The largest absolute Gasteiger partial charge is 0.454 e. The maximum atomic E-state index is 12.4. The maximum absolute atomic E-state index is 12.4. The molecule has 1 aliphatic rings. The zero-order valence-electron chi connectivity index (χ0n) is 14.4. The third kappa shape index (κ3) is 4.61. The fourth-order valence-corrected chi connectivity index (χ4v) is 2.76. The number of likely N-dealkylation sites (N-methyl/N-ethyl adjacent to an activating group) is 1. The summed E-state index contributed by atoms with van der Waals surface area (Å²) in [5.74, 6) is 1.58. The van der Waals surface area contributed by atoms with Crippen LogP contribution in [0.3, 0.4) is 0 Å². The number of unbranched alkanes of at least 4 members (excludes halogenated alkanes) is 2. The van der Waals surface area contributed by atoms with Crippen molar-refractivity contribution < 1.29 is 14.3 Å². The van der Waals surface area contributed by atoms with E-state index in [4.69, 9.17) is 15.2 Å². The van der Waals surface area contributed by atoms with Crippen molar-refractivity contribution in [1.82, 2.24) is 4.90 Å². The molecule has 0 bridgehead atoms. The van der Waals surface area contributed by atoms with E-state index in [0.29, 0.717) is 0 Å². The lowest BCUT2D eigenvalue weighted by molar-refractivity contribution is -0.133. The van der Waals surface area contributed by atoms with Crippen LogP contribution in [0, 0.1) is 0 Å². The molecule has 5 heteroatoms. The molecule has 1 heterocycles. The predicted molar refractivity (Wildman–Crippen MR) is 90.6 cm³/mol. The van der Waals surface area contributed by atoms with Crippen LogP contribution in [0.5, 0.6) is 11.5 Å². The average molecular weight is 320 g/mol. The normalized spacial score (nSPS) is 15.3. The number of carbonyl (C=O) groups is 1. The molecule has 0 saturated heterocycles. The van der Waals surface area contributed by atoms with Gasteiger partial charge in [-0.15, -0.1) is 0 Å². The molecular weight excluding hydrogens is 292 g/mol. The molecule has 0 saturated carbocycles. The van der Waals surface area contributed by atoms with Gasteiger partial charge in [0.25, 0.3) is 0 Å². The lowest BCUT2D eigenvalue weighted by Crippen LogP contribution is -2.46. The Labute approximate surface area is 138 Å². The minimum absolute atomic E-state index is 0.0225. The third-order valence-electron chi connectivity index (χ3n) is 4.41. The molecule has 0 fully saturated rings. The zero-order valence-corrected chi connectivity index (χ0v) is 14.4. The molecular formula is C18H28N2O3. The van der Waals surface area contributed by atoms with Crippen molar-refractivity contribution in [2.24, 2.45) is 5.73 Å². The highest BCUT2D eigenvalue weighted by atomic mass is 16.7. The van der Waals surface area contributed by atoms with E-state index in [9.17, 15) is 4.79 Å². The van der Waals surface area contributed by atoms with E-state index >= 15 is 0 Å². The number of benzene rings is 1. The molecule has 2 unspecified atom stereocenters. The third-order valence-corrected chi connectivity index (χ3v) is 4.41. The van der Waals surface area contributed by atoms with Crippen LogP contribution in [-0.2, 0) is 11.2 Å². The highest BCUT2D eigenvalue weighted by molar-refractivity contribution is 5.81. The minimum atomic E-state index is -0.397. The lowest BCUT2D eigenvalue weighted by Gasteiger charge is -2.28. The zero-order chi connectivity index (χ0) is 16.8. The van der Waals surface area contributed by atoms with Gasteiger partial charge in [-0.2, -0.15) is 0 Å². The summed E-state index contributed by atoms with van der Waals surface area (Å²) in [6, 6.07) is 5.61. The predicted octanol–water partition coefficient (Wildman–Crippen LogP) is 2.71. The molecule has 0 radical (unpaired) electrons. The minimum Gasteiger partial charge on any atom is -0.454 e. The Morgan fingerprint density at radius 2 is 2.04 bits per heavy atom. The summed E-state index contributed by atoms with van der Waals surface area (Å²) in [5, 5.41) is 0. The molecule has 1 amide bonds. The molecule has 1 aromatic rings. The van der Waals surface area contributed by atoms with Crippen molar-refractivity contribution in [2.45, 2.75) is 58.0 Å². The molecule has 2 rings (SSSR count). The van der Waals surface area contributed by atoms with Gasteiger partial charge in [-0.1, -0.05) is 32.3 Å². The van der Waals surface area contributed by atoms with Gasteiger partial charge in [-0.05, 0) is 37.5 Å². The van der Waals surface area contributed by atoms with Gasteiger partial charge >= 0.3 is 0 Å². The van der Waals surface area contributed by atoms with Crippen molar-refractivity contribution in [3.05, 3.63) is 23.8 Å². The van der Waals surface area contributed by atoms with Crippen LogP contribution in [0.2, 0.25) is 0 Å². The first-order valence-electron chi connectivity index (χ1n) is 8.43. The molecule has 0 spiro atoms. The summed E-state index contributed by atoms with van der Waals surface area (Å²) in [5.41, 5.74) is 7.16. The van der Waals surface area contributed by atoms with Crippen molar-refractivity contribution in [1.29, 1.82) is 0 Å². The first-order chi connectivity index (χ1) is 11.0. The standard InChI is InChI=1S/C18H28N2O3/c1-4-5-6-7-15(19)18(21)20(3)13(2)10-14-8-9-16-17(11-14)23-12-22-16/h8-9,11,13,15H,4-7,10,12,19H2,1-3H3. The smallest absolute Gasteiger partial charge is 0.239 e. The lowest BCUT2D eigenvalue weighted by atomic mass is 10.0. The summed E-state index contributed by atoms with van der Waals surface area (Å²) < 4.78 is 10.7. The number of nitrogens with zero attached hydrogens (tertiary/aromatic N) is 1. The summed E-state index contributed by atoms with van der Waals surface area (Å²) in [7, 11) is 1.83. The molecule has 2 atom stereocenters. The Morgan fingerprint density at radius 3 is 2.78 bits per heavy atom. The van der Waals surface area contributed by atoms with Crippen LogP contribution in [0.1, 0.15) is 45.1 Å². The molecule has 0 aliphatic carbocycles. The van der Waals surface area contributed by atoms with Gasteiger partial charge in [-0.25, -0.2) is 0 Å². The van der Waals surface area contributed by atoms with Gasteiger partial charge in [0.2, 0.25) is 12.7 Å². The number of amides is 1. The Morgan fingerprint density at radius 1 is 1.30 bits per heavy atom. The Hall–Kier alpha value is -1.75. The highest BCUT2D eigenvalue weighted by Gasteiger charge is 2.22. The van der Waals surface area contributed by atoms with Crippen LogP contribution in [-0.4, -0.2) is 36.7 Å². The van der Waals surface area contributed by atoms with E-state index < -0.39 is 6.04 Å². The maximum Gasteiger partial charge on any atom is 0.239 e. The van der Waals surface area contributed by atoms with Gasteiger partial charge < -0.3 is 20.1 Å². The molecule has 1 aliphatic heterocycles. The molecule has 2 N–H and O–H groups in total. The van der Waals surface area contributed by atoms with E-state index in [1.807, 2.05) is 32.2 Å². The molecule has 1 aromatic carbocycles. The van der Waals surface area contributed by atoms with Crippen molar-refractivity contribution in [3.63, 3.8) is 0 Å². The fourth-order valence-electron chi connectivity index (χ4n) is 2.76. The van der Waals surface area contributed by atoms with E-state index in [-0.39, 0.29) is 18.7 Å². The summed E-state index contributed by atoms with van der Waals surface area (Å²) in [6.45, 7) is 4.47. The Kier molecular flexibility index (Phi) is 6.28. The SMILES string of the molecule is CCCCCC(N)C(=O)N(C)C(C)Cc1ccc2c(c1)OCO2. The van der Waals surface area contributed by atoms with Gasteiger partial charge in [0.15, 0.2) is 11.5 Å². The van der Waals surface area contributed by atoms with E-state index in [1.54, 1.807) is 4.90 Å². The average Bonchev–Trinajstić information content (AvgIpc) is 3.01. The second kappa shape index (κ2) is 8.20. The number of nitrogens with two attached hydrogens (primary N) is 1. The van der Waals surface area contributed by atoms with Gasteiger partial charge in [0.05, 0.1) is 6.04 Å². The number of fused-ring (bicyclic) bond motifs is 1. The quantitative estimate of drug-likeness (QED) is 0.748. The molecule has 128 valence electrons. The fraction of sp³-hybridized carbons (Fsp3) is 0.611. The van der Waals surface area contributed by atoms with Crippen LogP contribution in [0.15, 0.2) is 18.2 Å². The second-order valence-corrected chi connectivity index (χ2v) is 6.29. The highest BCUT2D eigenvalue weighted by Crippen LogP contribution is 2.32. The summed E-state index contributed by atoms with van der Waals surface area (Å²) in [4.78, 5) is 14.2. The van der Waals surface area contributed by atoms with Gasteiger partial charge in [0, 0.05) is 13.1 Å². The Bertz CT molecular complexity index is 533. The van der Waals surface area contributed by atoms with E-state index in [1.165, 1.54) is 0 Å². The van der Waals surface area contributed by atoms with Crippen molar-refractivity contribution in [2.75, 3.05) is 13.8 Å². The van der Waals surface area contributed by atoms with E-state index in [0.717, 1.165) is 49.2 Å². The van der Waals surface area contributed by atoms with Gasteiger partial charge in [-0.3, -0.25) is 4.79 Å². The van der Waals surface area contributed by atoms with Crippen molar-refractivity contribution >= 4 is 5.91 Å². The molecule has 0 aromatic heterocycles. The second-order valence-electron chi connectivity index (χ2n) is 6.29. The number of hydrogen-bond donors (Lipinski definition) is 1. The van der Waals surface area contributed by atoms with Crippen LogP contribution < -0.4 is 15.2 Å². The number of carbonyl (C=O) groups excluding carboxylic acids is 1. The summed E-state index contributed by atoms with van der Waals surface area (Å²) >= 11 is 0. The van der Waals surface area contributed by atoms with Gasteiger partial charge in [0.1, 0.15) is 0 Å². The number of hydrogen-bond acceptors (Lipinski definition) is 4. The van der Waals surface area contributed by atoms with Crippen LogP contribution in [0.4, 0.5) is 0 Å². The first kappa shape index (κ1) is 17.6. The summed E-state index contributed by atoms with van der Waals surface area (Å²) in [6.07, 6.45) is 4.79. The number of ether oxygens (including phenoxy) is 2. The molecule has 5 nitrogen and oxygen atoms in total. The van der Waals surface area contributed by atoms with Crippen LogP contribution in [0.25, 0.3) is 0 Å². The van der Waals surface area contributed by atoms with Crippen LogP contribution >= 0.6 is 0 Å². The monoisotopic (exact) mass is 320 g/mol. The topological polar surface area (TPSA) is 64.8 Å². The Balaban J connectivity index is 1.88.